The van der Waals surface area contributed by atoms with Gasteiger partial charge in [0.05, 0.1) is 10.8 Å². The van der Waals surface area contributed by atoms with E-state index in [1.165, 1.54) is 18.2 Å². The van der Waals surface area contributed by atoms with Gasteiger partial charge in [0.1, 0.15) is 0 Å². The first-order chi connectivity index (χ1) is 11.3. The normalized spacial score (nSPS) is 11.4. The van der Waals surface area contributed by atoms with Crippen LogP contribution in [-0.2, 0) is 9.59 Å². The van der Waals surface area contributed by atoms with E-state index >= 15 is 0 Å². The predicted octanol–water partition coefficient (Wildman–Crippen LogP) is 1.64. The van der Waals surface area contributed by atoms with Gasteiger partial charge in [-0.1, -0.05) is 19.4 Å². The highest BCUT2D eigenvalue weighted by Gasteiger charge is 2.18. The van der Waals surface area contributed by atoms with E-state index in [4.69, 9.17) is 5.11 Å². The summed E-state index contributed by atoms with van der Waals surface area (Å²) in [6.07, 6.45) is 1.29. The lowest BCUT2D eigenvalue weighted by Crippen LogP contribution is -2.41. The number of nitrogens with zero attached hydrogens (tertiary/aromatic N) is 1. The standard InChI is InChI=1S/C15H19N3O6/c1-2-4-10(15(21)22)7-8-13(19)16-17-14(20)11-5-3-6-12(9-11)18(23)24/h3,5-6,9-10H,2,4,7-8H2,1H3,(H,16,19)(H,17,20)(H,21,22). The Bertz CT molecular complexity index is 631. The third kappa shape index (κ3) is 6.03. The number of carboxylic acids is 1. The number of rotatable bonds is 8. The molecule has 0 fully saturated rings. The van der Waals surface area contributed by atoms with E-state index < -0.39 is 28.6 Å². The first kappa shape index (κ1) is 19.1. The average Bonchev–Trinajstić information content (AvgIpc) is 2.56. The molecule has 0 heterocycles. The van der Waals surface area contributed by atoms with Gasteiger partial charge in [-0.25, -0.2) is 0 Å². The Labute approximate surface area is 138 Å². The fourth-order valence-electron chi connectivity index (χ4n) is 2.07. The number of nitrogens with one attached hydrogen (secondary N) is 2. The maximum Gasteiger partial charge on any atom is 0.306 e. The molecule has 0 saturated heterocycles. The van der Waals surface area contributed by atoms with Gasteiger partial charge in [0.15, 0.2) is 0 Å². The molecule has 1 atom stereocenters. The summed E-state index contributed by atoms with van der Waals surface area (Å²) in [5.41, 5.74) is 4.09. The molecule has 9 nitrogen and oxygen atoms in total. The SMILES string of the molecule is CCCC(CCC(=O)NNC(=O)c1cccc([N+](=O)[O-])c1)C(=O)O. The summed E-state index contributed by atoms with van der Waals surface area (Å²) in [4.78, 5) is 44.5. The van der Waals surface area contributed by atoms with Gasteiger partial charge in [0, 0.05) is 24.1 Å². The molecule has 0 aliphatic carbocycles. The molecule has 2 amide bonds. The van der Waals surface area contributed by atoms with Gasteiger partial charge in [-0.3, -0.25) is 35.3 Å². The van der Waals surface area contributed by atoms with E-state index in [1.807, 2.05) is 6.92 Å². The van der Waals surface area contributed by atoms with Crippen LogP contribution >= 0.6 is 0 Å². The molecule has 0 aliphatic heterocycles. The summed E-state index contributed by atoms with van der Waals surface area (Å²) in [6.45, 7) is 1.86. The number of non-ortho nitro benzene ring substituents is 1. The summed E-state index contributed by atoms with van der Waals surface area (Å²) in [7, 11) is 0. The number of carbonyl (C=O) groups excluding carboxylic acids is 2. The second-order valence-electron chi connectivity index (χ2n) is 5.17. The summed E-state index contributed by atoms with van der Waals surface area (Å²) in [6, 6.07) is 5.06. The maximum atomic E-state index is 11.8. The molecular weight excluding hydrogens is 318 g/mol. The molecule has 0 spiro atoms. The topological polar surface area (TPSA) is 139 Å². The molecule has 9 heteroatoms. The van der Waals surface area contributed by atoms with Crippen LogP contribution in [-0.4, -0.2) is 27.8 Å². The van der Waals surface area contributed by atoms with Crippen molar-refractivity contribution in [1.29, 1.82) is 0 Å². The quantitative estimate of drug-likeness (QED) is 0.487. The summed E-state index contributed by atoms with van der Waals surface area (Å²) in [5.74, 6) is -2.79. The fourth-order valence-corrected chi connectivity index (χ4v) is 2.07. The second-order valence-corrected chi connectivity index (χ2v) is 5.17. The number of carbonyl (C=O) groups is 3. The second kappa shape index (κ2) is 9.23. The van der Waals surface area contributed by atoms with Crippen LogP contribution in [0.2, 0.25) is 0 Å². The van der Waals surface area contributed by atoms with E-state index in [-0.39, 0.29) is 24.1 Å². The molecule has 3 N–H and O–H groups in total. The first-order valence-electron chi connectivity index (χ1n) is 7.41. The van der Waals surface area contributed by atoms with Crippen LogP contribution in [0, 0.1) is 16.0 Å². The molecule has 1 aromatic rings. The van der Waals surface area contributed by atoms with Crippen LogP contribution in [0.15, 0.2) is 24.3 Å². The Balaban J connectivity index is 2.49. The number of aliphatic carboxylic acids is 1. The van der Waals surface area contributed by atoms with Crippen molar-refractivity contribution in [3.63, 3.8) is 0 Å². The van der Waals surface area contributed by atoms with Crippen LogP contribution in [0.1, 0.15) is 43.0 Å². The lowest BCUT2D eigenvalue weighted by molar-refractivity contribution is -0.384. The molecule has 130 valence electrons. The highest BCUT2D eigenvalue weighted by Crippen LogP contribution is 2.14. The Kier molecular flexibility index (Phi) is 7.34. The van der Waals surface area contributed by atoms with Gasteiger partial charge in [-0.15, -0.1) is 0 Å². The predicted molar refractivity (Wildman–Crippen MR) is 84.0 cm³/mol. The van der Waals surface area contributed by atoms with Crippen molar-refractivity contribution in [3.8, 4) is 0 Å². The van der Waals surface area contributed by atoms with Crippen LogP contribution in [0.25, 0.3) is 0 Å². The average molecular weight is 337 g/mol. The number of hydrogen-bond donors (Lipinski definition) is 3. The summed E-state index contributed by atoms with van der Waals surface area (Å²) >= 11 is 0. The Morgan fingerprint density at radius 3 is 2.54 bits per heavy atom. The van der Waals surface area contributed by atoms with Gasteiger partial charge in [0.25, 0.3) is 11.6 Å². The van der Waals surface area contributed by atoms with Crippen LogP contribution in [0.4, 0.5) is 5.69 Å². The minimum Gasteiger partial charge on any atom is -0.481 e. The van der Waals surface area contributed by atoms with Crippen LogP contribution in [0.3, 0.4) is 0 Å². The van der Waals surface area contributed by atoms with Crippen LogP contribution < -0.4 is 10.9 Å². The third-order valence-electron chi connectivity index (χ3n) is 3.34. The zero-order valence-corrected chi connectivity index (χ0v) is 13.2. The maximum absolute atomic E-state index is 11.8. The van der Waals surface area contributed by atoms with Crippen molar-refractivity contribution in [2.75, 3.05) is 0 Å². The number of amides is 2. The number of benzene rings is 1. The number of nitro benzene ring substituents is 1. The Morgan fingerprint density at radius 2 is 1.96 bits per heavy atom. The number of hydrazine groups is 1. The lowest BCUT2D eigenvalue weighted by atomic mass is 9.98. The molecule has 0 aliphatic rings. The number of nitro groups is 1. The molecule has 1 rings (SSSR count). The highest BCUT2D eigenvalue weighted by atomic mass is 16.6. The van der Waals surface area contributed by atoms with E-state index in [9.17, 15) is 24.5 Å². The van der Waals surface area contributed by atoms with Crippen molar-refractivity contribution in [1.82, 2.24) is 10.9 Å². The third-order valence-corrected chi connectivity index (χ3v) is 3.34. The number of hydrogen-bond acceptors (Lipinski definition) is 5. The largest absolute Gasteiger partial charge is 0.481 e. The fraction of sp³-hybridized carbons (Fsp3) is 0.400. The molecule has 0 bridgehead atoms. The monoisotopic (exact) mass is 337 g/mol. The van der Waals surface area contributed by atoms with Crippen molar-refractivity contribution >= 4 is 23.5 Å². The molecule has 0 radical (unpaired) electrons. The van der Waals surface area contributed by atoms with Crippen LogP contribution in [0.5, 0.6) is 0 Å². The van der Waals surface area contributed by atoms with E-state index in [0.717, 1.165) is 6.07 Å². The molecule has 0 saturated carbocycles. The minimum absolute atomic E-state index is 0.0268. The van der Waals surface area contributed by atoms with Crippen molar-refractivity contribution in [2.45, 2.75) is 32.6 Å². The lowest BCUT2D eigenvalue weighted by Gasteiger charge is -2.11. The Hall–Kier alpha value is -2.97. The highest BCUT2D eigenvalue weighted by molar-refractivity contribution is 5.95. The van der Waals surface area contributed by atoms with Crippen molar-refractivity contribution < 1.29 is 24.4 Å². The Morgan fingerprint density at radius 1 is 1.25 bits per heavy atom. The zero-order valence-electron chi connectivity index (χ0n) is 13.2. The first-order valence-corrected chi connectivity index (χ1v) is 7.41. The van der Waals surface area contributed by atoms with Crippen molar-refractivity contribution in [2.24, 2.45) is 5.92 Å². The summed E-state index contributed by atoms with van der Waals surface area (Å²) in [5, 5.41) is 19.7. The minimum atomic E-state index is -0.953. The van der Waals surface area contributed by atoms with Gasteiger partial charge in [-0.2, -0.15) is 0 Å². The summed E-state index contributed by atoms with van der Waals surface area (Å²) < 4.78 is 0. The molecule has 1 unspecified atom stereocenters. The molecular formula is C15H19N3O6. The van der Waals surface area contributed by atoms with Gasteiger partial charge in [0.2, 0.25) is 5.91 Å². The molecule has 1 aromatic carbocycles. The number of carboxylic acid groups (broad SMARTS) is 1. The smallest absolute Gasteiger partial charge is 0.306 e. The van der Waals surface area contributed by atoms with Gasteiger partial charge < -0.3 is 5.11 Å². The van der Waals surface area contributed by atoms with Crippen molar-refractivity contribution in [3.05, 3.63) is 39.9 Å². The molecule has 0 aromatic heterocycles. The van der Waals surface area contributed by atoms with Gasteiger partial charge >= 0.3 is 5.97 Å². The van der Waals surface area contributed by atoms with E-state index in [0.29, 0.717) is 12.8 Å². The van der Waals surface area contributed by atoms with E-state index in [1.54, 1.807) is 0 Å². The molecule has 24 heavy (non-hydrogen) atoms. The van der Waals surface area contributed by atoms with E-state index in [2.05, 4.69) is 10.9 Å². The zero-order chi connectivity index (χ0) is 18.1. The van der Waals surface area contributed by atoms with Gasteiger partial charge in [-0.05, 0) is 18.9 Å².